The first-order valence-corrected chi connectivity index (χ1v) is 5.68. The second-order valence-electron chi connectivity index (χ2n) is 4.47. The van der Waals surface area contributed by atoms with E-state index >= 15 is 0 Å². The molecule has 94 valence electrons. The maximum absolute atomic E-state index is 11.8. The smallest absolute Gasteiger partial charge is 0.251 e. The van der Waals surface area contributed by atoms with Gasteiger partial charge in [0.05, 0.1) is 6.10 Å². The quantitative estimate of drug-likeness (QED) is 0.742. The molecule has 1 unspecified atom stereocenters. The summed E-state index contributed by atoms with van der Waals surface area (Å²) in [7, 11) is 0. The van der Waals surface area contributed by atoms with Gasteiger partial charge in [0, 0.05) is 17.7 Å². The third kappa shape index (κ3) is 3.46. The van der Waals surface area contributed by atoms with Crippen LogP contribution in [0.15, 0.2) is 18.2 Å². The average molecular weight is 237 g/mol. The highest BCUT2D eigenvalue weighted by molar-refractivity contribution is 5.96. The van der Waals surface area contributed by atoms with Crippen molar-refractivity contribution in [3.63, 3.8) is 0 Å². The van der Waals surface area contributed by atoms with Crippen molar-refractivity contribution in [2.45, 2.75) is 26.9 Å². The summed E-state index contributed by atoms with van der Waals surface area (Å²) in [6.45, 7) is 5.67. The van der Waals surface area contributed by atoms with Gasteiger partial charge in [-0.25, -0.2) is 0 Å². The summed E-state index contributed by atoms with van der Waals surface area (Å²) >= 11 is 0. The summed E-state index contributed by atoms with van der Waals surface area (Å²) in [6.07, 6.45) is -0.559. The number of hydrogen-bond donors (Lipinski definition) is 3. The Morgan fingerprint density at radius 1 is 1.41 bits per heavy atom. The minimum atomic E-state index is -0.559. The highest BCUT2D eigenvalue weighted by Gasteiger charge is 2.14. The van der Waals surface area contributed by atoms with Crippen LogP contribution in [0.3, 0.4) is 0 Å². The lowest BCUT2D eigenvalue weighted by molar-refractivity contribution is 0.0870. The molecule has 4 nitrogen and oxygen atoms in total. The summed E-state index contributed by atoms with van der Waals surface area (Å²) in [5.41, 5.74) is 0.977. The highest BCUT2D eigenvalue weighted by Crippen LogP contribution is 2.19. The number of nitrogens with one attached hydrogen (secondary N) is 1. The normalized spacial score (nSPS) is 12.5. The van der Waals surface area contributed by atoms with Crippen LogP contribution < -0.4 is 5.32 Å². The Morgan fingerprint density at radius 3 is 2.65 bits per heavy atom. The van der Waals surface area contributed by atoms with E-state index in [0.29, 0.717) is 11.1 Å². The van der Waals surface area contributed by atoms with Crippen LogP contribution in [0, 0.1) is 12.8 Å². The number of carbonyl (C=O) groups is 1. The van der Waals surface area contributed by atoms with Crippen molar-refractivity contribution in [3.8, 4) is 5.75 Å². The van der Waals surface area contributed by atoms with Gasteiger partial charge in [-0.15, -0.1) is 0 Å². The number of aromatic hydroxyl groups is 1. The van der Waals surface area contributed by atoms with Crippen LogP contribution in [0.2, 0.25) is 0 Å². The molecule has 0 aliphatic carbocycles. The van der Waals surface area contributed by atoms with E-state index in [1.807, 2.05) is 13.8 Å². The highest BCUT2D eigenvalue weighted by atomic mass is 16.3. The molecule has 3 N–H and O–H groups in total. The predicted molar refractivity (Wildman–Crippen MR) is 66.0 cm³/mol. The van der Waals surface area contributed by atoms with Gasteiger partial charge in [0.2, 0.25) is 0 Å². The number of benzene rings is 1. The molecule has 0 radical (unpaired) electrons. The lowest BCUT2D eigenvalue weighted by Gasteiger charge is -2.15. The Labute approximate surface area is 101 Å². The number of aliphatic hydroxyl groups excluding tert-OH is 1. The topological polar surface area (TPSA) is 69.6 Å². The van der Waals surface area contributed by atoms with Crippen LogP contribution >= 0.6 is 0 Å². The average Bonchev–Trinajstić information content (AvgIpc) is 2.29. The monoisotopic (exact) mass is 237 g/mol. The molecule has 0 fully saturated rings. The van der Waals surface area contributed by atoms with E-state index in [2.05, 4.69) is 5.32 Å². The van der Waals surface area contributed by atoms with E-state index in [9.17, 15) is 15.0 Å². The van der Waals surface area contributed by atoms with Crippen LogP contribution in [-0.2, 0) is 0 Å². The zero-order valence-electron chi connectivity index (χ0n) is 10.4. The molecule has 0 spiro atoms. The van der Waals surface area contributed by atoms with Gasteiger partial charge in [-0.05, 0) is 25.0 Å². The number of phenolic OH excluding ortho intramolecular Hbond substituents is 1. The molecule has 0 aromatic heterocycles. The summed E-state index contributed by atoms with van der Waals surface area (Å²) in [5, 5.41) is 21.7. The third-order valence-corrected chi connectivity index (χ3v) is 2.79. The molecule has 1 amide bonds. The minimum absolute atomic E-state index is 0.0978. The van der Waals surface area contributed by atoms with Crippen molar-refractivity contribution in [1.29, 1.82) is 0 Å². The van der Waals surface area contributed by atoms with E-state index in [1.165, 1.54) is 6.07 Å². The Kier molecular flexibility index (Phi) is 4.52. The molecular formula is C13H19NO3. The van der Waals surface area contributed by atoms with Crippen LogP contribution in [0.4, 0.5) is 0 Å². The molecule has 1 aromatic carbocycles. The molecule has 0 aliphatic rings. The fraction of sp³-hybridized carbons (Fsp3) is 0.462. The molecule has 0 aliphatic heterocycles. The van der Waals surface area contributed by atoms with Crippen LogP contribution in [0.25, 0.3) is 0 Å². The Morgan fingerprint density at radius 2 is 2.06 bits per heavy atom. The second kappa shape index (κ2) is 5.68. The zero-order chi connectivity index (χ0) is 13.0. The van der Waals surface area contributed by atoms with Crippen molar-refractivity contribution >= 4 is 5.91 Å². The van der Waals surface area contributed by atoms with E-state index in [4.69, 9.17) is 0 Å². The summed E-state index contributed by atoms with van der Waals surface area (Å²) < 4.78 is 0. The van der Waals surface area contributed by atoms with E-state index in [0.717, 1.165) is 0 Å². The van der Waals surface area contributed by atoms with Gasteiger partial charge in [0.1, 0.15) is 5.75 Å². The lowest BCUT2D eigenvalue weighted by atomic mass is 10.1. The first-order valence-electron chi connectivity index (χ1n) is 5.68. The number of aliphatic hydroxyl groups is 1. The lowest BCUT2D eigenvalue weighted by Crippen LogP contribution is -2.35. The minimum Gasteiger partial charge on any atom is -0.508 e. The van der Waals surface area contributed by atoms with Gasteiger partial charge in [-0.3, -0.25) is 4.79 Å². The molecule has 4 heteroatoms. The predicted octanol–water partition coefficient (Wildman–Crippen LogP) is 1.45. The van der Waals surface area contributed by atoms with Crippen molar-refractivity contribution in [2.24, 2.45) is 5.92 Å². The molecule has 0 saturated heterocycles. The molecule has 1 rings (SSSR count). The van der Waals surface area contributed by atoms with Gasteiger partial charge >= 0.3 is 0 Å². The largest absolute Gasteiger partial charge is 0.508 e. The fourth-order valence-corrected chi connectivity index (χ4v) is 1.40. The SMILES string of the molecule is Cc1c(O)cccc1C(=O)NCC(O)C(C)C. The van der Waals surface area contributed by atoms with Crippen molar-refractivity contribution in [2.75, 3.05) is 6.54 Å². The van der Waals surface area contributed by atoms with Crippen molar-refractivity contribution in [1.82, 2.24) is 5.32 Å². The van der Waals surface area contributed by atoms with Gasteiger partial charge in [0.15, 0.2) is 0 Å². The first kappa shape index (κ1) is 13.5. The van der Waals surface area contributed by atoms with E-state index < -0.39 is 6.10 Å². The Hall–Kier alpha value is -1.55. The number of carbonyl (C=O) groups excluding carboxylic acids is 1. The maximum atomic E-state index is 11.8. The molecule has 0 bridgehead atoms. The molecule has 0 saturated carbocycles. The zero-order valence-corrected chi connectivity index (χ0v) is 10.4. The van der Waals surface area contributed by atoms with Gasteiger partial charge in [-0.1, -0.05) is 19.9 Å². The van der Waals surface area contributed by atoms with E-state index in [1.54, 1.807) is 19.1 Å². The van der Waals surface area contributed by atoms with Crippen LogP contribution in [-0.4, -0.2) is 28.8 Å². The van der Waals surface area contributed by atoms with Gasteiger partial charge < -0.3 is 15.5 Å². The van der Waals surface area contributed by atoms with Crippen molar-refractivity contribution in [3.05, 3.63) is 29.3 Å². The maximum Gasteiger partial charge on any atom is 0.251 e. The van der Waals surface area contributed by atoms with Crippen LogP contribution in [0.5, 0.6) is 5.75 Å². The fourth-order valence-electron chi connectivity index (χ4n) is 1.40. The number of rotatable bonds is 4. The first-order chi connectivity index (χ1) is 7.93. The summed E-state index contributed by atoms with van der Waals surface area (Å²) in [4.78, 5) is 11.8. The molecule has 17 heavy (non-hydrogen) atoms. The van der Waals surface area contributed by atoms with Crippen molar-refractivity contribution < 1.29 is 15.0 Å². The van der Waals surface area contributed by atoms with Crippen LogP contribution in [0.1, 0.15) is 29.8 Å². The molecule has 1 atom stereocenters. The summed E-state index contributed by atoms with van der Waals surface area (Å²) in [5.74, 6) is -0.0827. The van der Waals surface area contributed by atoms with Gasteiger partial charge in [-0.2, -0.15) is 0 Å². The molecular weight excluding hydrogens is 218 g/mol. The van der Waals surface area contributed by atoms with E-state index in [-0.39, 0.29) is 24.1 Å². The number of amides is 1. The summed E-state index contributed by atoms with van der Waals surface area (Å²) in [6, 6.07) is 4.80. The number of hydrogen-bond acceptors (Lipinski definition) is 3. The molecule has 1 aromatic rings. The van der Waals surface area contributed by atoms with Gasteiger partial charge in [0.25, 0.3) is 5.91 Å². The Bertz CT molecular complexity index is 402. The Balaban J connectivity index is 2.68. The third-order valence-electron chi connectivity index (χ3n) is 2.79. The standard InChI is InChI=1S/C13H19NO3/c1-8(2)12(16)7-14-13(17)10-5-4-6-11(15)9(10)3/h4-6,8,12,15-16H,7H2,1-3H3,(H,14,17). The number of phenols is 1. The second-order valence-corrected chi connectivity index (χ2v) is 4.47. The molecule has 0 heterocycles.